The van der Waals surface area contributed by atoms with Crippen molar-refractivity contribution in [1.29, 1.82) is 0 Å². The van der Waals surface area contributed by atoms with Gasteiger partial charge < -0.3 is 10.1 Å². The third-order valence-electron chi connectivity index (χ3n) is 5.19. The highest BCUT2D eigenvalue weighted by molar-refractivity contribution is 5.78. The van der Waals surface area contributed by atoms with E-state index in [4.69, 9.17) is 4.74 Å². The number of carbonyl (C=O) groups excluding carboxylic acids is 1. The van der Waals surface area contributed by atoms with Crippen molar-refractivity contribution >= 4 is 5.91 Å². The van der Waals surface area contributed by atoms with Crippen LogP contribution in [0, 0.1) is 11.7 Å². The fourth-order valence-corrected chi connectivity index (χ4v) is 3.74. The molecule has 1 heterocycles. The van der Waals surface area contributed by atoms with Crippen LogP contribution >= 0.6 is 0 Å². The summed E-state index contributed by atoms with van der Waals surface area (Å²) >= 11 is 0. The second-order valence-corrected chi connectivity index (χ2v) is 6.80. The van der Waals surface area contributed by atoms with E-state index in [9.17, 15) is 9.18 Å². The van der Waals surface area contributed by atoms with Crippen molar-refractivity contribution in [3.63, 3.8) is 0 Å². The molecule has 2 fully saturated rings. The zero-order valence-electron chi connectivity index (χ0n) is 14.2. The predicted octanol–water partition coefficient (Wildman–Crippen LogP) is 2.90. The van der Waals surface area contributed by atoms with E-state index in [1.54, 1.807) is 0 Å². The molecule has 1 aromatic carbocycles. The number of amides is 1. The van der Waals surface area contributed by atoms with E-state index in [0.29, 0.717) is 19.8 Å². The molecule has 1 aliphatic carbocycles. The van der Waals surface area contributed by atoms with Gasteiger partial charge in [-0.15, -0.1) is 0 Å². The number of nitrogens with zero attached hydrogens (tertiary/aromatic N) is 1. The first-order chi connectivity index (χ1) is 11.7. The summed E-state index contributed by atoms with van der Waals surface area (Å²) in [6.07, 6.45) is 5.57. The molecule has 3 rings (SSSR count). The highest BCUT2D eigenvalue weighted by Crippen LogP contribution is 2.25. The smallest absolute Gasteiger partial charge is 0.223 e. The van der Waals surface area contributed by atoms with Gasteiger partial charge in [0.15, 0.2) is 0 Å². The average molecular weight is 334 g/mol. The van der Waals surface area contributed by atoms with Gasteiger partial charge in [-0.1, -0.05) is 31.4 Å². The van der Waals surface area contributed by atoms with Crippen molar-refractivity contribution in [2.45, 2.75) is 38.1 Å². The highest BCUT2D eigenvalue weighted by Gasteiger charge is 2.26. The summed E-state index contributed by atoms with van der Waals surface area (Å²) in [6, 6.07) is 6.70. The molecule has 1 unspecified atom stereocenters. The van der Waals surface area contributed by atoms with Crippen LogP contribution in [0.3, 0.4) is 0 Å². The van der Waals surface area contributed by atoms with Crippen LogP contribution in [0.1, 0.15) is 43.7 Å². The lowest BCUT2D eigenvalue weighted by molar-refractivity contribution is -0.126. The number of benzene rings is 1. The molecule has 1 saturated heterocycles. The molecule has 4 nitrogen and oxygen atoms in total. The summed E-state index contributed by atoms with van der Waals surface area (Å²) < 4.78 is 18.7. The van der Waals surface area contributed by atoms with Crippen LogP contribution in [0.4, 0.5) is 4.39 Å². The minimum atomic E-state index is -0.231. The number of rotatable bonds is 5. The second-order valence-electron chi connectivity index (χ2n) is 6.80. The van der Waals surface area contributed by atoms with E-state index in [1.807, 2.05) is 12.1 Å². The lowest BCUT2D eigenvalue weighted by Gasteiger charge is -2.35. The third kappa shape index (κ3) is 4.54. The summed E-state index contributed by atoms with van der Waals surface area (Å²) in [5, 5.41) is 3.15. The fourth-order valence-electron chi connectivity index (χ4n) is 3.74. The fraction of sp³-hybridized carbons (Fsp3) is 0.632. The van der Waals surface area contributed by atoms with Crippen LogP contribution < -0.4 is 5.32 Å². The average Bonchev–Trinajstić information content (AvgIpc) is 2.65. The van der Waals surface area contributed by atoms with Crippen molar-refractivity contribution < 1.29 is 13.9 Å². The Morgan fingerprint density at radius 3 is 2.50 bits per heavy atom. The van der Waals surface area contributed by atoms with E-state index < -0.39 is 0 Å². The van der Waals surface area contributed by atoms with Crippen LogP contribution in [-0.4, -0.2) is 43.7 Å². The van der Waals surface area contributed by atoms with Crippen molar-refractivity contribution in [2.24, 2.45) is 5.92 Å². The number of ether oxygens (including phenoxy) is 1. The van der Waals surface area contributed by atoms with Gasteiger partial charge in [-0.05, 0) is 30.5 Å². The normalized spacial score (nSPS) is 21.4. The van der Waals surface area contributed by atoms with Crippen molar-refractivity contribution in [3.05, 3.63) is 35.6 Å². The molecule has 1 N–H and O–H groups in total. The van der Waals surface area contributed by atoms with Crippen molar-refractivity contribution in [1.82, 2.24) is 10.2 Å². The number of hydrogen-bond donors (Lipinski definition) is 1. The summed E-state index contributed by atoms with van der Waals surface area (Å²) in [5.41, 5.74) is 1.04. The lowest BCUT2D eigenvalue weighted by Crippen LogP contribution is -2.44. The quantitative estimate of drug-likeness (QED) is 0.900. The third-order valence-corrected chi connectivity index (χ3v) is 5.19. The maximum absolute atomic E-state index is 13.2. The Labute approximate surface area is 143 Å². The molecule has 1 aromatic rings. The number of halogens is 1. The number of morpholine rings is 1. The van der Waals surface area contributed by atoms with E-state index in [-0.39, 0.29) is 23.7 Å². The van der Waals surface area contributed by atoms with Gasteiger partial charge in [0, 0.05) is 25.6 Å². The van der Waals surface area contributed by atoms with Gasteiger partial charge in [0.05, 0.1) is 19.3 Å². The van der Waals surface area contributed by atoms with Crippen molar-refractivity contribution in [3.8, 4) is 0 Å². The highest BCUT2D eigenvalue weighted by atomic mass is 19.1. The number of carbonyl (C=O) groups is 1. The van der Waals surface area contributed by atoms with Crippen LogP contribution in [0.5, 0.6) is 0 Å². The molecule has 132 valence electrons. The molecule has 0 radical (unpaired) electrons. The Morgan fingerprint density at radius 1 is 1.17 bits per heavy atom. The first-order valence-electron chi connectivity index (χ1n) is 9.09. The largest absolute Gasteiger partial charge is 0.379 e. The van der Waals surface area contributed by atoms with Gasteiger partial charge in [-0.2, -0.15) is 0 Å². The maximum atomic E-state index is 13.2. The van der Waals surface area contributed by atoms with Crippen LogP contribution in [0.2, 0.25) is 0 Å². The molecule has 1 aliphatic heterocycles. The molecule has 0 spiro atoms. The SMILES string of the molecule is O=C(NCC(c1ccc(F)cc1)N1CCOCC1)C1CCCCC1. The Bertz CT molecular complexity index is 523. The second kappa shape index (κ2) is 8.58. The van der Waals surface area contributed by atoms with Gasteiger partial charge in [0.1, 0.15) is 5.82 Å². The molecule has 1 saturated carbocycles. The lowest BCUT2D eigenvalue weighted by atomic mass is 9.88. The standard InChI is InChI=1S/C19H27FN2O2/c20-17-8-6-15(7-9-17)18(22-10-12-24-13-11-22)14-21-19(23)16-4-2-1-3-5-16/h6-9,16,18H,1-5,10-14H2,(H,21,23). The van der Waals surface area contributed by atoms with Crippen molar-refractivity contribution in [2.75, 3.05) is 32.8 Å². The van der Waals surface area contributed by atoms with Gasteiger partial charge in [0.2, 0.25) is 5.91 Å². The number of nitrogens with one attached hydrogen (secondary N) is 1. The summed E-state index contributed by atoms with van der Waals surface area (Å²) in [4.78, 5) is 14.8. The molecular formula is C19H27FN2O2. The maximum Gasteiger partial charge on any atom is 0.223 e. The Kier molecular flexibility index (Phi) is 6.21. The van der Waals surface area contributed by atoms with E-state index in [0.717, 1.165) is 44.3 Å². The first-order valence-corrected chi connectivity index (χ1v) is 9.09. The van der Waals surface area contributed by atoms with E-state index >= 15 is 0 Å². The monoisotopic (exact) mass is 334 g/mol. The Morgan fingerprint density at radius 2 is 1.83 bits per heavy atom. The molecular weight excluding hydrogens is 307 g/mol. The molecule has 2 aliphatic rings. The molecule has 0 aromatic heterocycles. The first kappa shape index (κ1) is 17.4. The number of hydrogen-bond acceptors (Lipinski definition) is 3. The van der Waals surface area contributed by atoms with Gasteiger partial charge in [-0.25, -0.2) is 4.39 Å². The topological polar surface area (TPSA) is 41.6 Å². The van der Waals surface area contributed by atoms with Gasteiger partial charge >= 0.3 is 0 Å². The molecule has 1 atom stereocenters. The molecule has 0 bridgehead atoms. The van der Waals surface area contributed by atoms with Crippen LogP contribution in [-0.2, 0) is 9.53 Å². The minimum Gasteiger partial charge on any atom is -0.379 e. The zero-order valence-corrected chi connectivity index (χ0v) is 14.2. The Hall–Kier alpha value is -1.46. The summed E-state index contributed by atoms with van der Waals surface area (Å²) in [7, 11) is 0. The minimum absolute atomic E-state index is 0.0713. The van der Waals surface area contributed by atoms with E-state index in [1.165, 1.54) is 18.6 Å². The zero-order chi connectivity index (χ0) is 16.8. The molecule has 24 heavy (non-hydrogen) atoms. The van der Waals surface area contributed by atoms with E-state index in [2.05, 4.69) is 10.2 Å². The summed E-state index contributed by atoms with van der Waals surface area (Å²) in [5.74, 6) is 0.109. The Balaban J connectivity index is 1.64. The predicted molar refractivity (Wildman–Crippen MR) is 91.1 cm³/mol. The van der Waals surface area contributed by atoms with Crippen LogP contribution in [0.15, 0.2) is 24.3 Å². The molecule has 5 heteroatoms. The van der Waals surface area contributed by atoms with Crippen LogP contribution in [0.25, 0.3) is 0 Å². The van der Waals surface area contributed by atoms with Gasteiger partial charge in [-0.3, -0.25) is 9.69 Å². The molecule has 1 amide bonds. The van der Waals surface area contributed by atoms with Gasteiger partial charge in [0.25, 0.3) is 0 Å². The summed E-state index contributed by atoms with van der Waals surface area (Å²) in [6.45, 7) is 3.65.